The third-order valence-corrected chi connectivity index (χ3v) is 7.57. The minimum atomic E-state index is 0.322. The number of ether oxygens (including phenoxy) is 2. The molecule has 0 spiro atoms. The molecule has 29 heavy (non-hydrogen) atoms. The monoisotopic (exact) mass is 407 g/mol. The fourth-order valence-corrected chi connectivity index (χ4v) is 6.39. The Morgan fingerprint density at radius 1 is 1.03 bits per heavy atom. The molecule has 0 saturated carbocycles. The molecule has 1 atom stereocenters. The maximum Gasteiger partial charge on any atom is 0.161 e. The van der Waals surface area contributed by atoms with E-state index in [1.54, 1.807) is 0 Å². The van der Waals surface area contributed by atoms with Crippen LogP contribution < -0.4 is 14.4 Å². The Morgan fingerprint density at radius 3 is 2.83 bits per heavy atom. The molecule has 1 unspecified atom stereocenters. The van der Waals surface area contributed by atoms with Gasteiger partial charge in [-0.15, -0.1) is 11.3 Å². The maximum absolute atomic E-state index is 5.85. The highest BCUT2D eigenvalue weighted by atomic mass is 32.1. The summed E-state index contributed by atoms with van der Waals surface area (Å²) in [6.45, 7) is 4.31. The lowest BCUT2D eigenvalue weighted by Crippen LogP contribution is -2.25. The zero-order valence-corrected chi connectivity index (χ0v) is 17.6. The lowest BCUT2D eigenvalue weighted by atomic mass is 9.96. The molecule has 1 aliphatic carbocycles. The van der Waals surface area contributed by atoms with Crippen molar-refractivity contribution in [2.75, 3.05) is 24.7 Å². The number of rotatable bonds is 2. The third kappa shape index (κ3) is 2.88. The molecule has 150 valence electrons. The van der Waals surface area contributed by atoms with Gasteiger partial charge >= 0.3 is 0 Å². The Bertz CT molecular complexity index is 1090. The number of aryl methyl sites for hydroxylation is 3. The first-order chi connectivity index (χ1) is 14.3. The summed E-state index contributed by atoms with van der Waals surface area (Å²) in [5, 5.41) is 1.32. The fourth-order valence-electron chi connectivity index (χ4n) is 5.08. The second-order valence-corrected chi connectivity index (χ2v) is 9.32. The van der Waals surface area contributed by atoms with Crippen LogP contribution in [0.4, 0.5) is 5.82 Å². The summed E-state index contributed by atoms with van der Waals surface area (Å²) in [5.74, 6) is 3.75. The highest BCUT2D eigenvalue weighted by Gasteiger charge is 2.32. The number of nitrogens with zero attached hydrogens (tertiary/aromatic N) is 3. The standard InChI is InChI=1S/C23H25N3O2S/c1-14-24-22(21-16-5-2-3-7-20(16)29-23(21)25-14)26-10-4-6-17(26)15-8-9-18-19(13-15)28-12-11-27-18/h8-9,13,17H,2-7,10-12H2,1H3. The van der Waals surface area contributed by atoms with Crippen molar-refractivity contribution < 1.29 is 9.47 Å². The second-order valence-electron chi connectivity index (χ2n) is 8.24. The van der Waals surface area contributed by atoms with Crippen molar-refractivity contribution in [1.82, 2.24) is 9.97 Å². The molecule has 2 aromatic heterocycles. The van der Waals surface area contributed by atoms with E-state index in [9.17, 15) is 0 Å². The average Bonchev–Trinajstić information content (AvgIpc) is 3.37. The van der Waals surface area contributed by atoms with E-state index >= 15 is 0 Å². The lowest BCUT2D eigenvalue weighted by molar-refractivity contribution is 0.171. The minimum Gasteiger partial charge on any atom is -0.486 e. The van der Waals surface area contributed by atoms with E-state index in [2.05, 4.69) is 23.1 Å². The molecule has 3 aromatic rings. The molecule has 2 aliphatic heterocycles. The van der Waals surface area contributed by atoms with Crippen molar-refractivity contribution in [3.05, 3.63) is 40.0 Å². The van der Waals surface area contributed by atoms with E-state index in [0.29, 0.717) is 19.3 Å². The molecule has 1 fully saturated rings. The SMILES string of the molecule is Cc1nc(N2CCCC2c2ccc3c(c2)OCCO3)c2c3c(sc2n1)CCCC3. The van der Waals surface area contributed by atoms with Crippen molar-refractivity contribution in [3.8, 4) is 11.5 Å². The van der Waals surface area contributed by atoms with Gasteiger partial charge in [-0.1, -0.05) is 6.07 Å². The summed E-state index contributed by atoms with van der Waals surface area (Å²) in [7, 11) is 0. The number of aromatic nitrogens is 2. The molecule has 3 aliphatic rings. The number of benzene rings is 1. The van der Waals surface area contributed by atoms with Crippen LogP contribution >= 0.6 is 11.3 Å². The first-order valence-electron chi connectivity index (χ1n) is 10.7. The molecule has 4 heterocycles. The van der Waals surface area contributed by atoms with Crippen LogP contribution in [0, 0.1) is 6.92 Å². The Hall–Kier alpha value is -2.34. The Balaban J connectivity index is 1.46. The summed E-state index contributed by atoms with van der Waals surface area (Å²) in [6, 6.07) is 6.76. The lowest BCUT2D eigenvalue weighted by Gasteiger charge is -2.28. The maximum atomic E-state index is 5.85. The predicted molar refractivity (Wildman–Crippen MR) is 116 cm³/mol. The van der Waals surface area contributed by atoms with E-state index in [1.807, 2.05) is 18.3 Å². The molecule has 6 heteroatoms. The van der Waals surface area contributed by atoms with Crippen molar-refractivity contribution in [2.24, 2.45) is 0 Å². The molecular weight excluding hydrogens is 382 g/mol. The Kier molecular flexibility index (Phi) is 4.15. The largest absolute Gasteiger partial charge is 0.486 e. The average molecular weight is 408 g/mol. The Labute approximate surface area is 174 Å². The van der Waals surface area contributed by atoms with E-state index in [-0.39, 0.29) is 0 Å². The number of fused-ring (bicyclic) bond motifs is 4. The zero-order chi connectivity index (χ0) is 19.4. The number of hydrogen-bond donors (Lipinski definition) is 0. The van der Waals surface area contributed by atoms with Crippen LogP contribution in [0.15, 0.2) is 18.2 Å². The number of hydrogen-bond acceptors (Lipinski definition) is 6. The van der Waals surface area contributed by atoms with Crippen LogP contribution in [-0.2, 0) is 12.8 Å². The van der Waals surface area contributed by atoms with Crippen LogP contribution in [0.1, 0.15) is 53.6 Å². The van der Waals surface area contributed by atoms with Crippen LogP contribution in [-0.4, -0.2) is 29.7 Å². The summed E-state index contributed by atoms with van der Waals surface area (Å²) >= 11 is 1.89. The summed E-state index contributed by atoms with van der Waals surface area (Å²) in [4.78, 5) is 15.0. The van der Waals surface area contributed by atoms with E-state index in [1.165, 1.54) is 51.9 Å². The van der Waals surface area contributed by atoms with Gasteiger partial charge in [0.05, 0.1) is 11.4 Å². The van der Waals surface area contributed by atoms with Gasteiger partial charge in [-0.25, -0.2) is 9.97 Å². The van der Waals surface area contributed by atoms with E-state index in [4.69, 9.17) is 19.4 Å². The summed E-state index contributed by atoms with van der Waals surface area (Å²) in [5.41, 5.74) is 2.80. The highest BCUT2D eigenvalue weighted by molar-refractivity contribution is 7.19. The van der Waals surface area contributed by atoms with Gasteiger partial charge in [0.1, 0.15) is 29.7 Å². The molecular formula is C23H25N3O2S. The smallest absolute Gasteiger partial charge is 0.161 e. The molecule has 0 radical (unpaired) electrons. The molecule has 0 N–H and O–H groups in total. The van der Waals surface area contributed by atoms with Gasteiger partial charge in [0.15, 0.2) is 11.5 Å². The molecule has 0 bridgehead atoms. The molecule has 1 saturated heterocycles. The van der Waals surface area contributed by atoms with Crippen LogP contribution in [0.3, 0.4) is 0 Å². The molecule has 0 amide bonds. The highest BCUT2D eigenvalue weighted by Crippen LogP contribution is 2.45. The van der Waals surface area contributed by atoms with Gasteiger partial charge < -0.3 is 14.4 Å². The van der Waals surface area contributed by atoms with Gasteiger partial charge in [-0.3, -0.25) is 0 Å². The van der Waals surface area contributed by atoms with Crippen LogP contribution in [0.2, 0.25) is 0 Å². The van der Waals surface area contributed by atoms with Gasteiger partial charge in [0.25, 0.3) is 0 Å². The summed E-state index contributed by atoms with van der Waals surface area (Å²) < 4.78 is 11.6. The Morgan fingerprint density at radius 2 is 1.90 bits per heavy atom. The molecule has 6 rings (SSSR count). The number of thiophene rings is 1. The van der Waals surface area contributed by atoms with Gasteiger partial charge in [-0.05, 0) is 68.7 Å². The summed E-state index contributed by atoms with van der Waals surface area (Å²) in [6.07, 6.45) is 7.24. The van der Waals surface area contributed by atoms with Crippen LogP contribution in [0.25, 0.3) is 10.2 Å². The first kappa shape index (κ1) is 17.5. The number of anilines is 1. The first-order valence-corrected chi connectivity index (χ1v) is 11.5. The second kappa shape index (κ2) is 6.87. The topological polar surface area (TPSA) is 47.5 Å². The van der Waals surface area contributed by atoms with Gasteiger partial charge in [-0.2, -0.15) is 0 Å². The normalized spacial score (nSPS) is 20.9. The zero-order valence-electron chi connectivity index (χ0n) is 16.7. The van der Waals surface area contributed by atoms with E-state index in [0.717, 1.165) is 42.5 Å². The van der Waals surface area contributed by atoms with Crippen molar-refractivity contribution >= 4 is 27.4 Å². The van der Waals surface area contributed by atoms with E-state index < -0.39 is 0 Å². The fraction of sp³-hybridized carbons (Fsp3) is 0.478. The van der Waals surface area contributed by atoms with Crippen molar-refractivity contribution in [2.45, 2.75) is 51.5 Å². The quantitative estimate of drug-likeness (QED) is 0.599. The minimum absolute atomic E-state index is 0.322. The van der Waals surface area contributed by atoms with Crippen molar-refractivity contribution in [3.63, 3.8) is 0 Å². The van der Waals surface area contributed by atoms with Gasteiger partial charge in [0, 0.05) is 11.4 Å². The van der Waals surface area contributed by atoms with Crippen molar-refractivity contribution in [1.29, 1.82) is 0 Å². The predicted octanol–water partition coefficient (Wildman–Crippen LogP) is 4.99. The van der Waals surface area contributed by atoms with Gasteiger partial charge in [0.2, 0.25) is 0 Å². The molecule has 5 nitrogen and oxygen atoms in total. The van der Waals surface area contributed by atoms with Crippen LogP contribution in [0.5, 0.6) is 11.5 Å². The third-order valence-electron chi connectivity index (χ3n) is 6.38. The molecule has 1 aromatic carbocycles.